The number of benzene rings is 2. The van der Waals surface area contributed by atoms with Crippen LogP contribution in [0.4, 0.5) is 5.69 Å². The predicted octanol–water partition coefficient (Wildman–Crippen LogP) is 3.90. The number of anilines is 1. The van der Waals surface area contributed by atoms with Crippen molar-refractivity contribution in [2.24, 2.45) is 0 Å². The molecule has 5 nitrogen and oxygen atoms in total. The van der Waals surface area contributed by atoms with E-state index < -0.39 is 16.1 Å². The summed E-state index contributed by atoms with van der Waals surface area (Å²) >= 11 is 0. The fourth-order valence-electron chi connectivity index (χ4n) is 3.48. The maximum absolute atomic E-state index is 12.9. The molecule has 0 aliphatic heterocycles. The standard InChI is InChI=1S/C23H32N2O3S/c1-7-19-11-12-20(8-2)21(14-19)15-24-23(26)18(5)25(29(6,27)28)22-13-16(3)9-10-17(22)4/h9-14,18H,7-8,15H2,1-6H3,(H,24,26)/t18-/m0/s1. The molecule has 0 bridgehead atoms. The number of hydrogen-bond donors (Lipinski definition) is 1. The summed E-state index contributed by atoms with van der Waals surface area (Å²) in [6.07, 6.45) is 2.94. The molecule has 0 saturated carbocycles. The normalized spacial score (nSPS) is 12.5. The highest BCUT2D eigenvalue weighted by atomic mass is 32.2. The van der Waals surface area contributed by atoms with E-state index in [0.29, 0.717) is 12.2 Å². The van der Waals surface area contributed by atoms with Crippen LogP contribution < -0.4 is 9.62 Å². The number of rotatable bonds is 8. The third kappa shape index (κ3) is 5.60. The number of hydrogen-bond acceptors (Lipinski definition) is 3. The molecular weight excluding hydrogens is 384 g/mol. The highest BCUT2D eigenvalue weighted by Gasteiger charge is 2.30. The highest BCUT2D eigenvalue weighted by molar-refractivity contribution is 7.92. The minimum atomic E-state index is -3.64. The van der Waals surface area contributed by atoms with Crippen LogP contribution in [0.5, 0.6) is 0 Å². The second-order valence-electron chi connectivity index (χ2n) is 7.55. The number of nitrogens with one attached hydrogen (secondary N) is 1. The molecule has 0 unspecified atom stereocenters. The van der Waals surface area contributed by atoms with Crippen LogP contribution in [0, 0.1) is 13.8 Å². The van der Waals surface area contributed by atoms with E-state index in [2.05, 4.69) is 37.4 Å². The van der Waals surface area contributed by atoms with Crippen LogP contribution in [0.2, 0.25) is 0 Å². The van der Waals surface area contributed by atoms with E-state index in [4.69, 9.17) is 0 Å². The molecule has 158 valence electrons. The van der Waals surface area contributed by atoms with Crippen LogP contribution in [-0.4, -0.2) is 26.6 Å². The van der Waals surface area contributed by atoms with E-state index in [0.717, 1.165) is 35.8 Å². The molecule has 2 rings (SSSR count). The van der Waals surface area contributed by atoms with E-state index in [1.807, 2.05) is 26.0 Å². The van der Waals surface area contributed by atoms with Gasteiger partial charge in [0.25, 0.3) is 0 Å². The SMILES string of the molecule is CCc1ccc(CC)c(CNC(=O)[C@H](C)N(c2cc(C)ccc2C)S(C)(=O)=O)c1. The van der Waals surface area contributed by atoms with Gasteiger partial charge in [-0.2, -0.15) is 0 Å². The van der Waals surface area contributed by atoms with Crippen molar-refractivity contribution in [1.82, 2.24) is 5.32 Å². The van der Waals surface area contributed by atoms with Crippen LogP contribution in [-0.2, 0) is 34.2 Å². The number of carbonyl (C=O) groups excluding carboxylic acids is 1. The van der Waals surface area contributed by atoms with Gasteiger partial charge >= 0.3 is 0 Å². The lowest BCUT2D eigenvalue weighted by Gasteiger charge is -2.30. The van der Waals surface area contributed by atoms with Crippen molar-refractivity contribution in [3.63, 3.8) is 0 Å². The van der Waals surface area contributed by atoms with Gasteiger partial charge in [0.15, 0.2) is 0 Å². The molecule has 6 heteroatoms. The first-order valence-electron chi connectivity index (χ1n) is 10.0. The zero-order valence-electron chi connectivity index (χ0n) is 18.2. The molecule has 2 aromatic rings. The average molecular weight is 417 g/mol. The summed E-state index contributed by atoms with van der Waals surface area (Å²) in [5.41, 5.74) is 5.76. The summed E-state index contributed by atoms with van der Waals surface area (Å²) in [5, 5.41) is 2.94. The molecule has 1 N–H and O–H groups in total. The summed E-state index contributed by atoms with van der Waals surface area (Å²) in [5.74, 6) is -0.319. The first-order valence-corrected chi connectivity index (χ1v) is 11.9. The Morgan fingerprint density at radius 3 is 2.31 bits per heavy atom. The molecular formula is C23H32N2O3S. The molecule has 0 radical (unpaired) electrons. The lowest BCUT2D eigenvalue weighted by Crippen LogP contribution is -2.48. The van der Waals surface area contributed by atoms with Crippen LogP contribution in [0.3, 0.4) is 0 Å². The molecule has 0 heterocycles. The molecule has 0 saturated heterocycles. The second kappa shape index (κ2) is 9.44. The number of amides is 1. The molecule has 0 fully saturated rings. The van der Waals surface area contributed by atoms with Gasteiger partial charge in [-0.25, -0.2) is 8.42 Å². The van der Waals surface area contributed by atoms with Gasteiger partial charge < -0.3 is 5.32 Å². The lowest BCUT2D eigenvalue weighted by atomic mass is 10.0. The van der Waals surface area contributed by atoms with Crippen molar-refractivity contribution in [2.75, 3.05) is 10.6 Å². The van der Waals surface area contributed by atoms with Gasteiger partial charge in [0.1, 0.15) is 6.04 Å². The Bertz CT molecular complexity index is 984. The molecule has 29 heavy (non-hydrogen) atoms. The first-order chi connectivity index (χ1) is 13.6. The maximum Gasteiger partial charge on any atom is 0.243 e. The number of aryl methyl sites for hydroxylation is 4. The van der Waals surface area contributed by atoms with Crippen LogP contribution in [0.15, 0.2) is 36.4 Å². The predicted molar refractivity (Wildman–Crippen MR) is 120 cm³/mol. The fraction of sp³-hybridized carbons (Fsp3) is 0.435. The van der Waals surface area contributed by atoms with Crippen molar-refractivity contribution in [2.45, 2.75) is 60.0 Å². The summed E-state index contributed by atoms with van der Waals surface area (Å²) in [6, 6.07) is 11.1. The summed E-state index contributed by atoms with van der Waals surface area (Å²) in [6.45, 7) is 9.94. The molecule has 1 amide bonds. The molecule has 0 aromatic heterocycles. The van der Waals surface area contributed by atoms with Crippen LogP contribution in [0.25, 0.3) is 0 Å². The summed E-state index contributed by atoms with van der Waals surface area (Å²) in [4.78, 5) is 12.9. The highest BCUT2D eigenvalue weighted by Crippen LogP contribution is 2.26. The molecule has 0 aliphatic carbocycles. The largest absolute Gasteiger partial charge is 0.350 e. The Morgan fingerprint density at radius 2 is 1.72 bits per heavy atom. The average Bonchev–Trinajstić information content (AvgIpc) is 2.67. The van der Waals surface area contributed by atoms with Crippen molar-refractivity contribution < 1.29 is 13.2 Å². The van der Waals surface area contributed by atoms with Gasteiger partial charge in [-0.1, -0.05) is 44.2 Å². The van der Waals surface area contributed by atoms with Crippen LogP contribution in [0.1, 0.15) is 48.6 Å². The van der Waals surface area contributed by atoms with Crippen molar-refractivity contribution >= 4 is 21.6 Å². The van der Waals surface area contributed by atoms with Crippen molar-refractivity contribution in [1.29, 1.82) is 0 Å². The number of nitrogens with zero attached hydrogens (tertiary/aromatic N) is 1. The third-order valence-corrected chi connectivity index (χ3v) is 6.43. The van der Waals surface area contributed by atoms with Crippen molar-refractivity contribution in [3.05, 3.63) is 64.2 Å². The Labute approximate surface area is 175 Å². The van der Waals surface area contributed by atoms with Gasteiger partial charge in [-0.3, -0.25) is 9.10 Å². The zero-order valence-corrected chi connectivity index (χ0v) is 19.1. The molecule has 0 aliphatic rings. The first kappa shape index (κ1) is 22.9. The molecule has 2 aromatic carbocycles. The van der Waals surface area contributed by atoms with E-state index in [1.54, 1.807) is 13.0 Å². The topological polar surface area (TPSA) is 66.5 Å². The number of sulfonamides is 1. The maximum atomic E-state index is 12.9. The second-order valence-corrected chi connectivity index (χ2v) is 9.41. The third-order valence-electron chi connectivity index (χ3n) is 5.20. The monoisotopic (exact) mass is 416 g/mol. The molecule has 0 spiro atoms. The molecule has 1 atom stereocenters. The van der Waals surface area contributed by atoms with Gasteiger partial charge in [0, 0.05) is 6.54 Å². The Balaban J connectivity index is 2.28. The van der Waals surface area contributed by atoms with E-state index in [-0.39, 0.29) is 5.91 Å². The summed E-state index contributed by atoms with van der Waals surface area (Å²) in [7, 11) is -3.64. The fourth-order valence-corrected chi connectivity index (χ4v) is 4.70. The van der Waals surface area contributed by atoms with E-state index >= 15 is 0 Å². The minimum absolute atomic E-state index is 0.319. The quantitative estimate of drug-likeness (QED) is 0.710. The Morgan fingerprint density at radius 1 is 1.03 bits per heavy atom. The van der Waals surface area contributed by atoms with Gasteiger partial charge in [-0.15, -0.1) is 0 Å². The Kier molecular flexibility index (Phi) is 7.47. The number of carbonyl (C=O) groups is 1. The van der Waals surface area contributed by atoms with Crippen molar-refractivity contribution in [3.8, 4) is 0 Å². The zero-order chi connectivity index (χ0) is 21.8. The van der Waals surface area contributed by atoms with E-state index in [9.17, 15) is 13.2 Å². The van der Waals surface area contributed by atoms with Crippen LogP contribution >= 0.6 is 0 Å². The summed E-state index contributed by atoms with van der Waals surface area (Å²) < 4.78 is 26.3. The van der Waals surface area contributed by atoms with Gasteiger partial charge in [-0.05, 0) is 67.5 Å². The Hall–Kier alpha value is -2.34. The van der Waals surface area contributed by atoms with Gasteiger partial charge in [0.05, 0.1) is 11.9 Å². The van der Waals surface area contributed by atoms with Gasteiger partial charge in [0.2, 0.25) is 15.9 Å². The smallest absolute Gasteiger partial charge is 0.243 e. The lowest BCUT2D eigenvalue weighted by molar-refractivity contribution is -0.122. The minimum Gasteiger partial charge on any atom is -0.350 e. The van der Waals surface area contributed by atoms with E-state index in [1.165, 1.54) is 15.4 Å².